The molecule has 2 aliphatic carbocycles. The second kappa shape index (κ2) is 15.6. The second-order valence-corrected chi connectivity index (χ2v) is 23.0. The van der Waals surface area contributed by atoms with Gasteiger partial charge >= 0.3 is 0 Å². The number of para-hydroxylation sites is 4. The summed E-state index contributed by atoms with van der Waals surface area (Å²) in [6.45, 7) is 18.5. The highest BCUT2D eigenvalue weighted by atomic mass is 15.1. The standard InChI is InChI=1S/C74H48N6/c1-73(2)54-26-12-6-20-44(54)50-37-52-68(39-56(50)73)79(65-34-18-32-63(71(52)65)77-59-28-14-8-22-46(59)47-23-9-15-29-60(47)77)67-41-58(76-5)70(36-43(67)42-75)80-66-35-19-33-64(78-61-30-16-10-24-48(61)49-25-11-17-31-62(49)78)72(66)53-38-51-45-21-7-13-27-55(45)74(3,4)57(51)40-69(53)80/h6-41H,1-4H3. The number of nitriles is 1. The molecule has 0 saturated carbocycles. The smallest absolute Gasteiger partial charge is 0.212 e. The molecule has 0 unspecified atom stereocenters. The Bertz CT molecular complexity index is 4960. The molecular formula is C74H48N6. The highest BCUT2D eigenvalue weighted by Gasteiger charge is 2.39. The van der Waals surface area contributed by atoms with E-state index in [2.05, 4.69) is 263 Å². The van der Waals surface area contributed by atoms with Gasteiger partial charge in [0.25, 0.3) is 0 Å². The van der Waals surface area contributed by atoms with Gasteiger partial charge in [0.2, 0.25) is 5.69 Å². The topological polar surface area (TPSA) is 47.9 Å². The molecule has 0 saturated heterocycles. The van der Waals surface area contributed by atoms with E-state index in [4.69, 9.17) is 0 Å². The van der Waals surface area contributed by atoms with Crippen LogP contribution in [0.2, 0.25) is 0 Å². The molecule has 0 N–H and O–H groups in total. The first-order valence-corrected chi connectivity index (χ1v) is 27.5. The maximum Gasteiger partial charge on any atom is 0.212 e. The van der Waals surface area contributed by atoms with E-state index in [1.807, 2.05) is 12.1 Å². The summed E-state index contributed by atoms with van der Waals surface area (Å²) in [6, 6.07) is 81.7. The van der Waals surface area contributed by atoms with Gasteiger partial charge in [0.1, 0.15) is 6.07 Å². The lowest BCUT2D eigenvalue weighted by atomic mass is 9.82. The predicted molar refractivity (Wildman–Crippen MR) is 330 cm³/mol. The summed E-state index contributed by atoms with van der Waals surface area (Å²) in [5.41, 5.74) is 22.1. The number of aromatic nitrogens is 4. The molecule has 11 aromatic carbocycles. The number of fused-ring (bicyclic) bond motifs is 18. The Morgan fingerprint density at radius 2 is 0.713 bits per heavy atom. The maximum absolute atomic E-state index is 11.8. The molecule has 4 heterocycles. The minimum absolute atomic E-state index is 0.286. The summed E-state index contributed by atoms with van der Waals surface area (Å²) >= 11 is 0. The van der Waals surface area contributed by atoms with Crippen LogP contribution < -0.4 is 0 Å². The van der Waals surface area contributed by atoms with Crippen LogP contribution in [-0.2, 0) is 10.8 Å². The quantitative estimate of drug-likeness (QED) is 0.162. The molecule has 4 aromatic heterocycles. The molecule has 80 heavy (non-hydrogen) atoms. The van der Waals surface area contributed by atoms with Crippen molar-refractivity contribution in [3.63, 3.8) is 0 Å². The van der Waals surface area contributed by atoms with E-state index in [-0.39, 0.29) is 10.8 Å². The normalized spacial score (nSPS) is 13.9. The van der Waals surface area contributed by atoms with Crippen molar-refractivity contribution in [2.75, 3.05) is 0 Å². The van der Waals surface area contributed by atoms with Crippen molar-refractivity contribution in [1.82, 2.24) is 18.3 Å². The molecule has 0 amide bonds. The van der Waals surface area contributed by atoms with Crippen LogP contribution in [0.25, 0.3) is 137 Å². The lowest BCUT2D eigenvalue weighted by Crippen LogP contribution is -2.15. The molecule has 0 atom stereocenters. The molecule has 0 bridgehead atoms. The Balaban J connectivity index is 0.980. The summed E-state index contributed by atoms with van der Waals surface area (Å²) < 4.78 is 9.37. The number of hydrogen-bond donors (Lipinski definition) is 0. The fourth-order valence-corrected chi connectivity index (χ4v) is 14.8. The molecule has 0 spiro atoms. The number of hydrogen-bond acceptors (Lipinski definition) is 1. The zero-order valence-corrected chi connectivity index (χ0v) is 44.5. The summed E-state index contributed by atoms with van der Waals surface area (Å²) in [4.78, 5) is 4.47. The van der Waals surface area contributed by atoms with Crippen molar-refractivity contribution in [3.05, 3.63) is 258 Å². The van der Waals surface area contributed by atoms with Crippen molar-refractivity contribution in [2.45, 2.75) is 38.5 Å². The second-order valence-electron chi connectivity index (χ2n) is 23.0. The Kier molecular flexibility index (Phi) is 8.74. The zero-order valence-electron chi connectivity index (χ0n) is 44.5. The third kappa shape index (κ3) is 5.59. The molecule has 0 radical (unpaired) electrons. The fraction of sp³-hybridized carbons (Fsp3) is 0.0811. The van der Waals surface area contributed by atoms with Crippen molar-refractivity contribution in [1.29, 1.82) is 5.26 Å². The Morgan fingerprint density at radius 3 is 1.14 bits per heavy atom. The van der Waals surface area contributed by atoms with Crippen LogP contribution in [0.4, 0.5) is 5.69 Å². The van der Waals surface area contributed by atoms with E-state index in [0.29, 0.717) is 22.6 Å². The average molecular weight is 1020 g/mol. The molecule has 15 aromatic rings. The van der Waals surface area contributed by atoms with Gasteiger partial charge in [-0.1, -0.05) is 161 Å². The van der Waals surface area contributed by atoms with Crippen LogP contribution in [0.5, 0.6) is 0 Å². The molecular weight excluding hydrogens is 973 g/mol. The van der Waals surface area contributed by atoms with Crippen LogP contribution in [0.15, 0.2) is 218 Å². The van der Waals surface area contributed by atoms with E-state index in [1.165, 1.54) is 66.1 Å². The average Bonchev–Trinajstić information content (AvgIpc) is 4.48. The van der Waals surface area contributed by atoms with Crippen LogP contribution in [0, 0.1) is 17.9 Å². The summed E-state index contributed by atoms with van der Waals surface area (Å²) in [6.07, 6.45) is 0. The molecule has 17 rings (SSSR count). The molecule has 0 aliphatic heterocycles. The van der Waals surface area contributed by atoms with E-state index < -0.39 is 0 Å². The molecule has 374 valence electrons. The predicted octanol–water partition coefficient (Wildman–Crippen LogP) is 19.1. The third-order valence-electron chi connectivity index (χ3n) is 18.4. The number of benzene rings is 11. The van der Waals surface area contributed by atoms with Gasteiger partial charge in [0.15, 0.2) is 0 Å². The lowest BCUT2D eigenvalue weighted by molar-refractivity contribution is 0.661. The van der Waals surface area contributed by atoms with Gasteiger partial charge in [0, 0.05) is 53.9 Å². The van der Waals surface area contributed by atoms with E-state index in [9.17, 15) is 11.8 Å². The summed E-state index contributed by atoms with van der Waals surface area (Å²) in [7, 11) is 0. The summed E-state index contributed by atoms with van der Waals surface area (Å²) in [5.74, 6) is 0. The van der Waals surface area contributed by atoms with Crippen molar-refractivity contribution < 1.29 is 0 Å². The van der Waals surface area contributed by atoms with Gasteiger partial charge in [-0.3, -0.25) is 0 Å². The van der Waals surface area contributed by atoms with Gasteiger partial charge in [-0.05, 0) is 129 Å². The van der Waals surface area contributed by atoms with E-state index in [1.54, 1.807) is 0 Å². The van der Waals surface area contributed by atoms with E-state index >= 15 is 0 Å². The molecule has 6 nitrogen and oxygen atoms in total. The molecule has 2 aliphatic rings. The van der Waals surface area contributed by atoms with Gasteiger partial charge in [-0.25, -0.2) is 4.85 Å². The minimum atomic E-state index is -0.286. The minimum Gasteiger partial charge on any atom is -0.319 e. The fourth-order valence-electron chi connectivity index (χ4n) is 14.8. The highest BCUT2D eigenvalue weighted by Crippen LogP contribution is 2.55. The number of rotatable bonds is 4. The zero-order chi connectivity index (χ0) is 53.5. The first kappa shape index (κ1) is 44.7. The first-order chi connectivity index (χ1) is 39.1. The van der Waals surface area contributed by atoms with Gasteiger partial charge in [-0.2, -0.15) is 5.26 Å². The SMILES string of the molecule is [C-]#[N+]c1cc(-n2c3cc4c(cc3c3c(-n5c6ccccc6c6ccccc65)cccc32)-c2ccccc2C4(C)C)c(C#N)cc1-n1c2cc3c(cc2c2c(-n4c5ccccc5c5ccccc54)cccc21)-c1ccccc1C3(C)C. The van der Waals surface area contributed by atoms with Crippen molar-refractivity contribution in [3.8, 4) is 51.1 Å². The van der Waals surface area contributed by atoms with Gasteiger partial charge in [-0.15, -0.1) is 0 Å². The van der Waals surface area contributed by atoms with Crippen molar-refractivity contribution in [2.24, 2.45) is 0 Å². The third-order valence-corrected chi connectivity index (χ3v) is 18.4. The van der Waals surface area contributed by atoms with Crippen LogP contribution >= 0.6 is 0 Å². The summed E-state index contributed by atoms with van der Waals surface area (Å²) in [5, 5.41) is 20.9. The Labute approximate surface area is 461 Å². The first-order valence-electron chi connectivity index (χ1n) is 27.5. The van der Waals surface area contributed by atoms with Gasteiger partial charge < -0.3 is 18.3 Å². The van der Waals surface area contributed by atoms with Crippen LogP contribution in [0.3, 0.4) is 0 Å². The Hall–Kier alpha value is -10.4. The Morgan fingerprint density at radius 1 is 0.338 bits per heavy atom. The largest absolute Gasteiger partial charge is 0.319 e. The van der Waals surface area contributed by atoms with Gasteiger partial charge in [0.05, 0.1) is 79.0 Å². The molecule has 0 fully saturated rings. The van der Waals surface area contributed by atoms with Crippen LogP contribution in [-0.4, -0.2) is 18.3 Å². The van der Waals surface area contributed by atoms with E-state index in [0.717, 1.165) is 77.1 Å². The lowest BCUT2D eigenvalue weighted by Gasteiger charge is -2.22. The monoisotopic (exact) mass is 1020 g/mol. The maximum atomic E-state index is 11.8. The number of nitrogens with zero attached hydrogens (tertiary/aromatic N) is 6. The van der Waals surface area contributed by atoms with Crippen molar-refractivity contribution >= 4 is 92.9 Å². The molecule has 6 heteroatoms. The highest BCUT2D eigenvalue weighted by molar-refractivity contribution is 6.20. The van der Waals surface area contributed by atoms with Crippen LogP contribution in [0.1, 0.15) is 55.5 Å².